The molecule has 2 aromatic carbocycles. The van der Waals surface area contributed by atoms with Gasteiger partial charge in [0.1, 0.15) is 0 Å². The van der Waals surface area contributed by atoms with E-state index in [4.69, 9.17) is 4.74 Å². The van der Waals surface area contributed by atoms with Gasteiger partial charge >= 0.3 is 5.97 Å². The van der Waals surface area contributed by atoms with E-state index in [9.17, 15) is 18.0 Å². The molecule has 1 N–H and O–H groups in total. The van der Waals surface area contributed by atoms with Crippen molar-refractivity contribution < 1.29 is 22.7 Å². The van der Waals surface area contributed by atoms with Crippen LogP contribution in [-0.2, 0) is 25.1 Å². The maximum Gasteiger partial charge on any atom is 0.358 e. The fourth-order valence-electron chi connectivity index (χ4n) is 2.81. The Labute approximate surface area is 168 Å². The Morgan fingerprint density at radius 3 is 2.38 bits per heavy atom. The van der Waals surface area contributed by atoms with E-state index >= 15 is 0 Å². The Bertz CT molecular complexity index is 1150. The molecule has 150 valence electrons. The average Bonchev–Trinajstić information content (AvgIpc) is 3.11. The van der Waals surface area contributed by atoms with Crippen LogP contribution >= 0.6 is 0 Å². The Morgan fingerprint density at radius 2 is 1.72 bits per heavy atom. The van der Waals surface area contributed by atoms with Gasteiger partial charge in [0, 0.05) is 18.7 Å². The molecule has 0 unspecified atom stereocenters. The fraction of sp³-hybridized carbons (Fsp3) is 0.150. The molecule has 0 radical (unpaired) electrons. The molecule has 1 amide bonds. The van der Waals surface area contributed by atoms with E-state index in [1.165, 1.54) is 37.0 Å². The predicted molar refractivity (Wildman–Crippen MR) is 107 cm³/mol. The third kappa shape index (κ3) is 4.52. The molecule has 3 aromatic rings. The molecular weight excluding hydrogens is 394 g/mol. The van der Waals surface area contributed by atoms with Gasteiger partial charge in [0.25, 0.3) is 0 Å². The van der Waals surface area contributed by atoms with Gasteiger partial charge in [-0.1, -0.05) is 30.3 Å². The lowest BCUT2D eigenvalue weighted by molar-refractivity contribution is -0.114. The summed E-state index contributed by atoms with van der Waals surface area (Å²) in [5.41, 5.74) is 0.949. The first-order chi connectivity index (χ1) is 13.8. The summed E-state index contributed by atoms with van der Waals surface area (Å²) in [6, 6.07) is 15.1. The minimum Gasteiger partial charge on any atom is -0.464 e. The van der Waals surface area contributed by atoms with Crippen molar-refractivity contribution in [3.8, 4) is 5.69 Å². The zero-order chi connectivity index (χ0) is 21.0. The average molecular weight is 413 g/mol. The molecule has 0 fully saturated rings. The van der Waals surface area contributed by atoms with E-state index in [0.717, 1.165) is 0 Å². The maximum atomic E-state index is 13.1. The topological polar surface area (TPSA) is 107 Å². The molecule has 29 heavy (non-hydrogen) atoms. The van der Waals surface area contributed by atoms with E-state index in [2.05, 4.69) is 10.4 Å². The second kappa shape index (κ2) is 8.27. The quantitative estimate of drug-likeness (QED) is 0.623. The minimum atomic E-state index is -3.90. The van der Waals surface area contributed by atoms with Gasteiger partial charge in [0.05, 0.1) is 29.1 Å². The van der Waals surface area contributed by atoms with Gasteiger partial charge in [-0.25, -0.2) is 17.9 Å². The SMILES string of the molecule is COC(=O)c1nn(-c2ccccc2)cc1CS(=O)(=O)c1ccccc1NC(C)=O. The Kier molecular flexibility index (Phi) is 5.79. The molecule has 1 aromatic heterocycles. The molecule has 9 heteroatoms. The number of nitrogens with zero attached hydrogens (tertiary/aromatic N) is 2. The van der Waals surface area contributed by atoms with Crippen molar-refractivity contribution in [1.82, 2.24) is 9.78 Å². The zero-order valence-corrected chi connectivity index (χ0v) is 16.6. The van der Waals surface area contributed by atoms with Crippen molar-refractivity contribution in [2.75, 3.05) is 12.4 Å². The van der Waals surface area contributed by atoms with Crippen LogP contribution in [0.2, 0.25) is 0 Å². The molecule has 3 rings (SSSR count). The normalized spacial score (nSPS) is 11.1. The van der Waals surface area contributed by atoms with Crippen LogP contribution < -0.4 is 5.32 Å². The third-order valence-corrected chi connectivity index (χ3v) is 5.79. The highest BCUT2D eigenvalue weighted by atomic mass is 32.2. The van der Waals surface area contributed by atoms with E-state index in [-0.39, 0.29) is 27.7 Å². The summed E-state index contributed by atoms with van der Waals surface area (Å²) in [6.45, 7) is 1.29. The molecule has 0 spiro atoms. The van der Waals surface area contributed by atoms with Crippen LogP contribution in [-0.4, -0.2) is 37.2 Å². The summed E-state index contributed by atoms with van der Waals surface area (Å²) in [4.78, 5) is 23.5. The zero-order valence-electron chi connectivity index (χ0n) is 15.8. The van der Waals surface area contributed by atoms with Crippen LogP contribution in [0.3, 0.4) is 0 Å². The lowest BCUT2D eigenvalue weighted by Crippen LogP contribution is -2.14. The molecular formula is C20H19N3O5S. The number of amides is 1. The highest BCUT2D eigenvalue weighted by molar-refractivity contribution is 7.90. The number of carbonyl (C=O) groups is 2. The van der Waals surface area contributed by atoms with Crippen LogP contribution in [0.5, 0.6) is 0 Å². The summed E-state index contributed by atoms with van der Waals surface area (Å²) in [5, 5.41) is 6.72. The lowest BCUT2D eigenvalue weighted by atomic mass is 10.3. The molecule has 1 heterocycles. The van der Waals surface area contributed by atoms with E-state index < -0.39 is 21.6 Å². The Morgan fingerprint density at radius 1 is 1.07 bits per heavy atom. The number of hydrogen-bond donors (Lipinski definition) is 1. The number of esters is 1. The summed E-state index contributed by atoms with van der Waals surface area (Å²) in [5.74, 6) is -1.61. The van der Waals surface area contributed by atoms with Gasteiger partial charge in [-0.3, -0.25) is 4.79 Å². The van der Waals surface area contributed by atoms with Crippen molar-refractivity contribution in [2.45, 2.75) is 17.6 Å². The molecule has 0 atom stereocenters. The number of para-hydroxylation sites is 2. The first-order valence-electron chi connectivity index (χ1n) is 8.63. The van der Waals surface area contributed by atoms with Crippen LogP contribution in [0, 0.1) is 0 Å². The second-order valence-electron chi connectivity index (χ2n) is 6.21. The van der Waals surface area contributed by atoms with E-state index in [1.54, 1.807) is 36.4 Å². The lowest BCUT2D eigenvalue weighted by Gasteiger charge is -2.10. The first kappa shape index (κ1) is 20.3. The molecule has 0 aliphatic carbocycles. The largest absolute Gasteiger partial charge is 0.464 e. The number of methoxy groups -OCH3 is 1. The fourth-order valence-corrected chi connectivity index (χ4v) is 4.33. The number of ether oxygens (including phenoxy) is 1. The summed E-state index contributed by atoms with van der Waals surface area (Å²) < 4.78 is 32.3. The number of hydrogen-bond acceptors (Lipinski definition) is 6. The molecule has 0 saturated heterocycles. The summed E-state index contributed by atoms with van der Waals surface area (Å²) in [6.07, 6.45) is 1.49. The number of benzene rings is 2. The first-order valence-corrected chi connectivity index (χ1v) is 10.3. The van der Waals surface area contributed by atoms with Crippen molar-refractivity contribution in [2.24, 2.45) is 0 Å². The highest BCUT2D eigenvalue weighted by Gasteiger charge is 2.26. The van der Waals surface area contributed by atoms with Crippen LogP contribution in [0.4, 0.5) is 5.69 Å². The van der Waals surface area contributed by atoms with E-state index in [1.807, 2.05) is 6.07 Å². The molecule has 0 aliphatic heterocycles. The summed E-state index contributed by atoms with van der Waals surface area (Å²) in [7, 11) is -2.70. The van der Waals surface area contributed by atoms with Gasteiger partial charge in [0.2, 0.25) is 5.91 Å². The van der Waals surface area contributed by atoms with Gasteiger partial charge < -0.3 is 10.1 Å². The smallest absolute Gasteiger partial charge is 0.358 e. The van der Waals surface area contributed by atoms with E-state index in [0.29, 0.717) is 5.69 Å². The predicted octanol–water partition coefficient (Wildman–Crippen LogP) is 2.59. The van der Waals surface area contributed by atoms with Crippen molar-refractivity contribution in [3.63, 3.8) is 0 Å². The second-order valence-corrected chi connectivity index (χ2v) is 8.17. The van der Waals surface area contributed by atoms with Gasteiger partial charge in [0.15, 0.2) is 15.5 Å². The standard InChI is InChI=1S/C20H19N3O5S/c1-14(24)21-17-10-6-7-11-18(17)29(26,27)13-15-12-23(16-8-4-3-5-9-16)22-19(15)20(25)28-2/h3-12H,13H2,1-2H3,(H,21,24). The molecule has 0 bridgehead atoms. The number of sulfone groups is 1. The monoisotopic (exact) mass is 413 g/mol. The van der Waals surface area contributed by atoms with Crippen LogP contribution in [0.1, 0.15) is 23.0 Å². The number of rotatable bonds is 6. The third-order valence-electron chi connectivity index (χ3n) is 4.07. The molecule has 8 nitrogen and oxygen atoms in total. The van der Waals surface area contributed by atoms with Crippen molar-refractivity contribution in [1.29, 1.82) is 0 Å². The van der Waals surface area contributed by atoms with Gasteiger partial charge in [-0.15, -0.1) is 0 Å². The van der Waals surface area contributed by atoms with Crippen molar-refractivity contribution >= 4 is 27.4 Å². The van der Waals surface area contributed by atoms with Gasteiger partial charge in [-0.05, 0) is 24.3 Å². The molecule has 0 saturated carbocycles. The number of nitrogens with one attached hydrogen (secondary N) is 1. The number of anilines is 1. The summed E-state index contributed by atoms with van der Waals surface area (Å²) >= 11 is 0. The Balaban J connectivity index is 2.04. The maximum absolute atomic E-state index is 13.1. The van der Waals surface area contributed by atoms with Crippen molar-refractivity contribution in [3.05, 3.63) is 72.1 Å². The number of carbonyl (C=O) groups excluding carboxylic acids is 2. The van der Waals surface area contributed by atoms with Crippen LogP contribution in [0.15, 0.2) is 65.7 Å². The Hall–Kier alpha value is -3.46. The van der Waals surface area contributed by atoms with Gasteiger partial charge in [-0.2, -0.15) is 5.10 Å². The number of aromatic nitrogens is 2. The minimum absolute atomic E-state index is 0.0431. The highest BCUT2D eigenvalue weighted by Crippen LogP contribution is 2.26. The molecule has 0 aliphatic rings. The van der Waals surface area contributed by atoms with Crippen LogP contribution in [0.25, 0.3) is 5.69 Å².